The number of rotatable bonds is 4. The van der Waals surface area contributed by atoms with Crippen LogP contribution in [0.1, 0.15) is 51.3 Å². The lowest BCUT2D eigenvalue weighted by atomic mass is 9.93. The second kappa shape index (κ2) is 6.09. The fraction of sp³-hybridized carbons (Fsp3) is 0.562. The van der Waals surface area contributed by atoms with Crippen molar-refractivity contribution < 1.29 is 9.53 Å². The summed E-state index contributed by atoms with van der Waals surface area (Å²) < 4.78 is 5.26. The lowest BCUT2D eigenvalue weighted by Gasteiger charge is -2.24. The lowest BCUT2D eigenvalue weighted by Crippen LogP contribution is -2.37. The van der Waals surface area contributed by atoms with Gasteiger partial charge in [0, 0.05) is 5.41 Å². The van der Waals surface area contributed by atoms with E-state index in [0.29, 0.717) is 0 Å². The predicted octanol–water partition coefficient (Wildman–Crippen LogP) is 3.62. The molecule has 0 fully saturated rings. The first-order valence-corrected chi connectivity index (χ1v) is 6.75. The molecule has 0 aliphatic rings. The molecule has 106 valence electrons. The van der Waals surface area contributed by atoms with Crippen molar-refractivity contribution >= 4 is 5.91 Å². The molecule has 0 spiro atoms. The van der Waals surface area contributed by atoms with Gasteiger partial charge in [-0.1, -0.05) is 39.8 Å². The quantitative estimate of drug-likeness (QED) is 0.901. The van der Waals surface area contributed by atoms with Gasteiger partial charge in [0.1, 0.15) is 5.75 Å². The van der Waals surface area contributed by atoms with Crippen molar-refractivity contribution in [3.8, 4) is 5.75 Å². The highest BCUT2D eigenvalue weighted by atomic mass is 16.5. The molecule has 19 heavy (non-hydrogen) atoms. The van der Waals surface area contributed by atoms with Crippen LogP contribution < -0.4 is 10.1 Å². The van der Waals surface area contributed by atoms with Crippen LogP contribution in [-0.2, 0) is 4.79 Å². The van der Waals surface area contributed by atoms with Crippen LogP contribution in [-0.4, -0.2) is 13.0 Å². The number of carbonyl (C=O) groups excluding carboxylic acids is 1. The van der Waals surface area contributed by atoms with E-state index in [9.17, 15) is 4.79 Å². The summed E-state index contributed by atoms with van der Waals surface area (Å²) in [6.45, 7) is 9.87. The minimum atomic E-state index is -0.366. The van der Waals surface area contributed by atoms with Gasteiger partial charge in [-0.05, 0) is 30.5 Å². The first kappa shape index (κ1) is 15.5. The highest BCUT2D eigenvalue weighted by Gasteiger charge is 2.24. The SMILES string of the molecule is CC[C@H](NC(=O)C(C)(C)C)c1ccc(OC)c(C)c1. The summed E-state index contributed by atoms with van der Waals surface area (Å²) in [6.07, 6.45) is 0.869. The minimum Gasteiger partial charge on any atom is -0.496 e. The number of ether oxygens (including phenoxy) is 1. The summed E-state index contributed by atoms with van der Waals surface area (Å²) in [7, 11) is 1.67. The van der Waals surface area contributed by atoms with Gasteiger partial charge < -0.3 is 10.1 Å². The summed E-state index contributed by atoms with van der Waals surface area (Å²) in [6, 6.07) is 6.10. The Bertz CT molecular complexity index is 447. The zero-order valence-corrected chi connectivity index (χ0v) is 12.8. The lowest BCUT2D eigenvalue weighted by molar-refractivity contribution is -0.129. The molecule has 1 rings (SSSR count). The fourth-order valence-corrected chi connectivity index (χ4v) is 1.91. The third-order valence-corrected chi connectivity index (χ3v) is 3.22. The number of methoxy groups -OCH3 is 1. The minimum absolute atomic E-state index is 0.0522. The molecule has 0 saturated carbocycles. The number of amides is 1. The second-order valence-electron chi connectivity index (χ2n) is 5.91. The van der Waals surface area contributed by atoms with E-state index in [0.717, 1.165) is 23.3 Å². The molecular formula is C16H25NO2. The molecule has 3 heteroatoms. The molecule has 1 aromatic carbocycles. The van der Waals surface area contributed by atoms with Crippen molar-refractivity contribution in [2.75, 3.05) is 7.11 Å². The van der Waals surface area contributed by atoms with E-state index in [4.69, 9.17) is 4.74 Å². The van der Waals surface area contributed by atoms with Crippen LogP contribution in [0.2, 0.25) is 0 Å². The summed E-state index contributed by atoms with van der Waals surface area (Å²) in [4.78, 5) is 12.1. The molecule has 3 nitrogen and oxygen atoms in total. The van der Waals surface area contributed by atoms with E-state index >= 15 is 0 Å². The van der Waals surface area contributed by atoms with Gasteiger partial charge in [0.15, 0.2) is 0 Å². The average molecular weight is 263 g/mol. The standard InChI is InChI=1S/C16H25NO2/c1-7-13(17-15(18)16(3,4)5)12-8-9-14(19-6)11(2)10-12/h8-10,13H,7H2,1-6H3,(H,17,18)/t13-/m0/s1. The van der Waals surface area contributed by atoms with Crippen LogP contribution in [0.3, 0.4) is 0 Å². The molecule has 1 atom stereocenters. The van der Waals surface area contributed by atoms with Gasteiger partial charge in [0.25, 0.3) is 0 Å². The summed E-state index contributed by atoms with van der Waals surface area (Å²) in [5.74, 6) is 0.952. The van der Waals surface area contributed by atoms with Crippen molar-refractivity contribution in [1.82, 2.24) is 5.32 Å². The molecule has 0 heterocycles. The van der Waals surface area contributed by atoms with Gasteiger partial charge in [0.2, 0.25) is 5.91 Å². The monoisotopic (exact) mass is 263 g/mol. The van der Waals surface area contributed by atoms with Gasteiger partial charge in [0.05, 0.1) is 13.2 Å². The fourth-order valence-electron chi connectivity index (χ4n) is 1.91. The third-order valence-electron chi connectivity index (χ3n) is 3.22. The van der Waals surface area contributed by atoms with Crippen molar-refractivity contribution in [2.45, 2.75) is 47.1 Å². The van der Waals surface area contributed by atoms with Gasteiger partial charge in [-0.3, -0.25) is 4.79 Å². The Labute approximate surface area is 116 Å². The molecular weight excluding hydrogens is 238 g/mol. The first-order valence-electron chi connectivity index (χ1n) is 6.75. The zero-order valence-electron chi connectivity index (χ0n) is 12.8. The Hall–Kier alpha value is -1.51. The van der Waals surface area contributed by atoms with E-state index < -0.39 is 0 Å². The van der Waals surface area contributed by atoms with Crippen LogP contribution in [0.25, 0.3) is 0 Å². The number of hydrogen-bond donors (Lipinski definition) is 1. The largest absolute Gasteiger partial charge is 0.496 e. The van der Waals surface area contributed by atoms with Gasteiger partial charge in [-0.2, -0.15) is 0 Å². The van der Waals surface area contributed by atoms with Crippen molar-refractivity contribution in [3.05, 3.63) is 29.3 Å². The Kier molecular flexibility index (Phi) is 4.98. The number of aryl methyl sites for hydroxylation is 1. The van der Waals surface area contributed by atoms with Crippen LogP contribution >= 0.6 is 0 Å². The number of hydrogen-bond acceptors (Lipinski definition) is 2. The number of benzene rings is 1. The zero-order chi connectivity index (χ0) is 14.6. The van der Waals surface area contributed by atoms with Crippen molar-refractivity contribution in [3.63, 3.8) is 0 Å². The average Bonchev–Trinajstić information content (AvgIpc) is 2.34. The molecule has 1 aromatic rings. The van der Waals surface area contributed by atoms with Crippen LogP contribution in [0.15, 0.2) is 18.2 Å². The molecule has 0 aromatic heterocycles. The number of carbonyl (C=O) groups is 1. The number of nitrogens with one attached hydrogen (secondary N) is 1. The normalized spacial score (nSPS) is 12.9. The van der Waals surface area contributed by atoms with Gasteiger partial charge in [-0.15, -0.1) is 0 Å². The summed E-state index contributed by atoms with van der Waals surface area (Å²) >= 11 is 0. The molecule has 1 N–H and O–H groups in total. The topological polar surface area (TPSA) is 38.3 Å². The van der Waals surface area contributed by atoms with Crippen LogP contribution in [0, 0.1) is 12.3 Å². The maximum Gasteiger partial charge on any atom is 0.225 e. The van der Waals surface area contributed by atoms with E-state index in [1.165, 1.54) is 0 Å². The molecule has 0 saturated heterocycles. The van der Waals surface area contributed by atoms with E-state index in [1.54, 1.807) is 7.11 Å². The van der Waals surface area contributed by atoms with Gasteiger partial charge >= 0.3 is 0 Å². The highest BCUT2D eigenvalue weighted by molar-refractivity contribution is 5.81. The maximum absolute atomic E-state index is 12.1. The van der Waals surface area contributed by atoms with E-state index in [-0.39, 0.29) is 17.4 Å². The van der Waals surface area contributed by atoms with Crippen LogP contribution in [0.4, 0.5) is 0 Å². The van der Waals surface area contributed by atoms with E-state index in [2.05, 4.69) is 18.3 Å². The molecule has 1 amide bonds. The van der Waals surface area contributed by atoms with Crippen LogP contribution in [0.5, 0.6) is 5.75 Å². The molecule has 0 aliphatic carbocycles. The maximum atomic E-state index is 12.1. The first-order chi connectivity index (χ1) is 8.79. The highest BCUT2D eigenvalue weighted by Crippen LogP contribution is 2.25. The molecule has 0 radical (unpaired) electrons. The Morgan fingerprint density at radius 1 is 1.37 bits per heavy atom. The second-order valence-corrected chi connectivity index (χ2v) is 5.91. The van der Waals surface area contributed by atoms with Gasteiger partial charge in [-0.25, -0.2) is 0 Å². The Morgan fingerprint density at radius 2 is 2.00 bits per heavy atom. The van der Waals surface area contributed by atoms with Crippen molar-refractivity contribution in [1.29, 1.82) is 0 Å². The Morgan fingerprint density at radius 3 is 2.42 bits per heavy atom. The molecule has 0 unspecified atom stereocenters. The molecule has 0 bridgehead atoms. The summed E-state index contributed by atoms with van der Waals surface area (Å²) in [5, 5.41) is 3.11. The summed E-state index contributed by atoms with van der Waals surface area (Å²) in [5.41, 5.74) is 1.84. The Balaban J connectivity index is 2.92. The predicted molar refractivity (Wildman–Crippen MR) is 78.4 cm³/mol. The molecule has 0 aliphatic heterocycles. The third kappa shape index (κ3) is 3.98. The van der Waals surface area contributed by atoms with Crippen molar-refractivity contribution in [2.24, 2.45) is 5.41 Å². The van der Waals surface area contributed by atoms with E-state index in [1.807, 2.05) is 39.8 Å². The smallest absolute Gasteiger partial charge is 0.225 e.